The number of ether oxygens (including phenoxy) is 1. The lowest BCUT2D eigenvalue weighted by Crippen LogP contribution is -2.24. The summed E-state index contributed by atoms with van der Waals surface area (Å²) in [6.07, 6.45) is 8.45. The number of pyridine rings is 1. The van der Waals surface area contributed by atoms with Crippen LogP contribution in [0.5, 0.6) is 0 Å². The fraction of sp³-hybridized carbons (Fsp3) is 0.450. The van der Waals surface area contributed by atoms with Crippen LogP contribution < -0.4 is 4.90 Å². The van der Waals surface area contributed by atoms with E-state index < -0.39 is 0 Å². The first-order chi connectivity index (χ1) is 12.8. The molecule has 0 radical (unpaired) electrons. The van der Waals surface area contributed by atoms with Crippen LogP contribution in [-0.4, -0.2) is 41.8 Å². The van der Waals surface area contributed by atoms with Gasteiger partial charge in [-0.3, -0.25) is 4.98 Å². The molecule has 1 aliphatic rings. The molecule has 3 aromatic heterocycles. The zero-order valence-corrected chi connectivity index (χ0v) is 16.2. The number of aryl methyl sites for hydroxylation is 2. The summed E-state index contributed by atoms with van der Waals surface area (Å²) in [5.41, 5.74) is 2.42. The van der Waals surface area contributed by atoms with Gasteiger partial charge in [-0.05, 0) is 50.3 Å². The number of hydrogen-bond donors (Lipinski definition) is 0. The van der Waals surface area contributed by atoms with Crippen molar-refractivity contribution in [1.29, 1.82) is 0 Å². The minimum atomic E-state index is 0.701. The smallest absolute Gasteiger partial charge is 0.164 e. The topological polar surface area (TPSA) is 51.1 Å². The van der Waals surface area contributed by atoms with Gasteiger partial charge in [0.05, 0.1) is 12.0 Å². The van der Waals surface area contributed by atoms with Crippen LogP contribution in [0.25, 0.3) is 21.6 Å². The van der Waals surface area contributed by atoms with E-state index in [1.54, 1.807) is 6.20 Å². The molecule has 0 aliphatic heterocycles. The van der Waals surface area contributed by atoms with E-state index in [-0.39, 0.29) is 0 Å². The molecule has 3 heterocycles. The Labute approximate surface area is 158 Å². The molecule has 0 N–H and O–H groups in total. The molecular weight excluding hydrogens is 344 g/mol. The van der Waals surface area contributed by atoms with E-state index in [1.807, 2.05) is 36.6 Å². The standard InChI is InChI=1S/C20H24N4OS/c1-3-25-12-11-24(2)19-17-15-8-4-5-9-16(15)26-20(17)23-18(22-19)14-7-6-10-21-13-14/h6-7,10,13H,3-5,8-9,11-12H2,1-2H3. The molecule has 0 amide bonds. The van der Waals surface area contributed by atoms with Crippen molar-refractivity contribution in [3.8, 4) is 11.4 Å². The Bertz CT molecular complexity index is 894. The summed E-state index contributed by atoms with van der Waals surface area (Å²) >= 11 is 1.84. The SMILES string of the molecule is CCOCCN(C)c1nc(-c2cccnc2)nc2sc3c(c12)CCCC3. The van der Waals surface area contributed by atoms with Gasteiger partial charge in [0.1, 0.15) is 10.6 Å². The largest absolute Gasteiger partial charge is 0.380 e. The van der Waals surface area contributed by atoms with Crippen molar-refractivity contribution in [2.75, 3.05) is 31.7 Å². The average molecular weight is 369 g/mol. The molecular formula is C20H24N4OS. The maximum atomic E-state index is 5.55. The fourth-order valence-electron chi connectivity index (χ4n) is 3.49. The number of anilines is 1. The highest BCUT2D eigenvalue weighted by atomic mass is 32.1. The summed E-state index contributed by atoms with van der Waals surface area (Å²) in [4.78, 5) is 18.9. The predicted octanol–water partition coefficient (Wildman–Crippen LogP) is 4.10. The van der Waals surface area contributed by atoms with Crippen LogP contribution in [0.1, 0.15) is 30.2 Å². The van der Waals surface area contributed by atoms with Crippen molar-refractivity contribution in [2.24, 2.45) is 0 Å². The van der Waals surface area contributed by atoms with E-state index in [9.17, 15) is 0 Å². The van der Waals surface area contributed by atoms with Crippen molar-refractivity contribution in [3.63, 3.8) is 0 Å². The molecule has 0 unspecified atom stereocenters. The Morgan fingerprint density at radius 1 is 1.23 bits per heavy atom. The fourth-order valence-corrected chi connectivity index (χ4v) is 4.75. The molecule has 26 heavy (non-hydrogen) atoms. The van der Waals surface area contributed by atoms with Crippen LogP contribution in [0.2, 0.25) is 0 Å². The summed E-state index contributed by atoms with van der Waals surface area (Å²) in [7, 11) is 2.10. The molecule has 0 saturated heterocycles. The van der Waals surface area contributed by atoms with Crippen molar-refractivity contribution in [2.45, 2.75) is 32.6 Å². The van der Waals surface area contributed by atoms with Crippen LogP contribution in [-0.2, 0) is 17.6 Å². The number of aromatic nitrogens is 3. The Morgan fingerprint density at radius 3 is 2.92 bits per heavy atom. The van der Waals surface area contributed by atoms with Gasteiger partial charge in [-0.1, -0.05) is 0 Å². The lowest BCUT2D eigenvalue weighted by Gasteiger charge is -2.21. The third-order valence-corrected chi connectivity index (χ3v) is 6.04. The average Bonchev–Trinajstić information content (AvgIpc) is 3.06. The Kier molecular flexibility index (Phi) is 5.13. The summed E-state index contributed by atoms with van der Waals surface area (Å²) < 4.78 is 5.55. The second-order valence-corrected chi connectivity index (χ2v) is 7.71. The van der Waals surface area contributed by atoms with Gasteiger partial charge >= 0.3 is 0 Å². The molecule has 0 fully saturated rings. The molecule has 0 atom stereocenters. The van der Waals surface area contributed by atoms with Crippen LogP contribution in [0.15, 0.2) is 24.5 Å². The van der Waals surface area contributed by atoms with Gasteiger partial charge in [-0.2, -0.15) is 0 Å². The molecule has 3 aromatic rings. The van der Waals surface area contributed by atoms with Gasteiger partial charge < -0.3 is 9.64 Å². The van der Waals surface area contributed by atoms with Crippen LogP contribution in [0.4, 0.5) is 5.82 Å². The lowest BCUT2D eigenvalue weighted by atomic mass is 9.97. The van der Waals surface area contributed by atoms with Crippen molar-refractivity contribution < 1.29 is 4.74 Å². The molecule has 1 aliphatic carbocycles. The van der Waals surface area contributed by atoms with Gasteiger partial charge in [0.25, 0.3) is 0 Å². The third-order valence-electron chi connectivity index (χ3n) is 4.85. The zero-order chi connectivity index (χ0) is 17.9. The minimum Gasteiger partial charge on any atom is -0.380 e. The lowest BCUT2D eigenvalue weighted by molar-refractivity contribution is 0.154. The molecule has 4 rings (SSSR count). The second-order valence-electron chi connectivity index (χ2n) is 6.62. The third kappa shape index (κ3) is 3.31. The van der Waals surface area contributed by atoms with E-state index in [0.717, 1.165) is 41.6 Å². The van der Waals surface area contributed by atoms with Crippen molar-refractivity contribution >= 4 is 27.4 Å². The van der Waals surface area contributed by atoms with Gasteiger partial charge in [0, 0.05) is 43.0 Å². The summed E-state index contributed by atoms with van der Waals surface area (Å²) in [6, 6.07) is 3.95. The number of fused-ring (bicyclic) bond motifs is 3. The Hall–Kier alpha value is -2.05. The molecule has 6 heteroatoms. The predicted molar refractivity (Wildman–Crippen MR) is 107 cm³/mol. The second kappa shape index (κ2) is 7.68. The monoisotopic (exact) mass is 368 g/mol. The summed E-state index contributed by atoms with van der Waals surface area (Å²) in [5, 5.41) is 1.25. The first-order valence-corrected chi connectivity index (χ1v) is 10.1. The van der Waals surface area contributed by atoms with Crippen molar-refractivity contribution in [1.82, 2.24) is 15.0 Å². The van der Waals surface area contributed by atoms with Crippen molar-refractivity contribution in [3.05, 3.63) is 35.0 Å². The molecule has 0 spiro atoms. The molecule has 0 aromatic carbocycles. The van der Waals surface area contributed by atoms with Gasteiger partial charge in [-0.15, -0.1) is 11.3 Å². The van der Waals surface area contributed by atoms with E-state index in [2.05, 4.69) is 16.9 Å². The van der Waals surface area contributed by atoms with Gasteiger partial charge in [0.2, 0.25) is 0 Å². The number of thiophene rings is 1. The number of hydrogen-bond acceptors (Lipinski definition) is 6. The quantitative estimate of drug-likeness (QED) is 0.613. The minimum absolute atomic E-state index is 0.701. The molecule has 5 nitrogen and oxygen atoms in total. The Morgan fingerprint density at radius 2 is 2.12 bits per heavy atom. The first kappa shape index (κ1) is 17.4. The highest BCUT2D eigenvalue weighted by Crippen LogP contribution is 2.40. The highest BCUT2D eigenvalue weighted by molar-refractivity contribution is 7.19. The number of nitrogens with zero attached hydrogens (tertiary/aromatic N) is 4. The molecule has 136 valence electrons. The molecule has 0 saturated carbocycles. The molecule has 0 bridgehead atoms. The van der Waals surface area contributed by atoms with Gasteiger partial charge in [-0.25, -0.2) is 9.97 Å². The van der Waals surface area contributed by atoms with E-state index in [4.69, 9.17) is 14.7 Å². The summed E-state index contributed by atoms with van der Waals surface area (Å²) in [5.74, 6) is 1.77. The van der Waals surface area contributed by atoms with Gasteiger partial charge in [0.15, 0.2) is 5.82 Å². The maximum Gasteiger partial charge on any atom is 0.164 e. The first-order valence-electron chi connectivity index (χ1n) is 9.29. The zero-order valence-electron chi connectivity index (χ0n) is 15.4. The van der Waals surface area contributed by atoms with Crippen LogP contribution in [0.3, 0.4) is 0 Å². The normalized spacial score (nSPS) is 13.8. The maximum absolute atomic E-state index is 5.55. The van der Waals surface area contributed by atoms with Crippen LogP contribution in [0, 0.1) is 0 Å². The van der Waals surface area contributed by atoms with E-state index in [0.29, 0.717) is 6.61 Å². The highest BCUT2D eigenvalue weighted by Gasteiger charge is 2.23. The van der Waals surface area contributed by atoms with E-state index in [1.165, 1.54) is 35.1 Å². The summed E-state index contributed by atoms with van der Waals surface area (Å²) in [6.45, 7) is 4.28. The Balaban J connectivity index is 1.83. The number of rotatable bonds is 6. The van der Waals surface area contributed by atoms with Crippen LogP contribution >= 0.6 is 11.3 Å². The number of likely N-dealkylation sites (N-methyl/N-ethyl adjacent to an activating group) is 1. The van der Waals surface area contributed by atoms with E-state index >= 15 is 0 Å².